The standard InChI is InChI=1S/C17H22N4OS/c1-5-13-14(23-16(18)20-13)15(22)21-19-10-11-6-8-12(9-7-11)17(2,3)4/h6-10H,5H2,1-4H3,(H2,18,20)(H,21,22)/b19-10-. The van der Waals surface area contributed by atoms with Crippen LogP contribution in [0.1, 0.15) is 54.2 Å². The highest BCUT2D eigenvalue weighted by Gasteiger charge is 2.15. The van der Waals surface area contributed by atoms with Gasteiger partial charge in [0.25, 0.3) is 5.91 Å². The van der Waals surface area contributed by atoms with E-state index in [0.29, 0.717) is 22.1 Å². The number of nitrogens with two attached hydrogens (primary N) is 1. The number of aromatic nitrogens is 1. The van der Waals surface area contributed by atoms with Crippen LogP contribution < -0.4 is 11.2 Å². The molecule has 1 aromatic heterocycles. The Bertz CT molecular complexity index is 711. The molecule has 0 radical (unpaired) electrons. The van der Waals surface area contributed by atoms with Gasteiger partial charge in [0.1, 0.15) is 4.88 Å². The molecule has 2 aromatic rings. The van der Waals surface area contributed by atoms with E-state index in [1.54, 1.807) is 6.21 Å². The van der Waals surface area contributed by atoms with Gasteiger partial charge < -0.3 is 5.73 Å². The van der Waals surface area contributed by atoms with E-state index >= 15 is 0 Å². The van der Waals surface area contributed by atoms with Crippen LogP contribution in [-0.4, -0.2) is 17.1 Å². The average Bonchev–Trinajstić information content (AvgIpc) is 2.88. The minimum Gasteiger partial charge on any atom is -0.375 e. The predicted molar refractivity (Wildman–Crippen MR) is 96.1 cm³/mol. The van der Waals surface area contributed by atoms with Gasteiger partial charge in [-0.2, -0.15) is 5.10 Å². The maximum absolute atomic E-state index is 12.1. The van der Waals surface area contributed by atoms with Gasteiger partial charge in [-0.1, -0.05) is 63.3 Å². The number of amides is 1. The number of carbonyl (C=O) groups excluding carboxylic acids is 1. The van der Waals surface area contributed by atoms with Gasteiger partial charge in [-0.15, -0.1) is 0 Å². The van der Waals surface area contributed by atoms with Gasteiger partial charge in [-0.3, -0.25) is 4.79 Å². The smallest absolute Gasteiger partial charge is 0.283 e. The highest BCUT2D eigenvalue weighted by atomic mass is 32.1. The van der Waals surface area contributed by atoms with Gasteiger partial charge >= 0.3 is 0 Å². The second-order valence-electron chi connectivity index (χ2n) is 6.25. The van der Waals surface area contributed by atoms with E-state index in [2.05, 4.69) is 48.4 Å². The molecule has 0 unspecified atom stereocenters. The number of nitrogen functional groups attached to an aromatic ring is 1. The summed E-state index contributed by atoms with van der Waals surface area (Å²) in [4.78, 5) is 16.8. The van der Waals surface area contributed by atoms with E-state index < -0.39 is 0 Å². The first-order valence-corrected chi connectivity index (χ1v) is 8.32. The van der Waals surface area contributed by atoms with Crippen molar-refractivity contribution in [3.8, 4) is 0 Å². The number of thiazole rings is 1. The van der Waals surface area contributed by atoms with Gasteiger partial charge in [0.05, 0.1) is 11.9 Å². The molecule has 23 heavy (non-hydrogen) atoms. The zero-order valence-electron chi connectivity index (χ0n) is 13.9. The van der Waals surface area contributed by atoms with Crippen molar-refractivity contribution in [2.24, 2.45) is 5.10 Å². The third-order valence-corrected chi connectivity index (χ3v) is 4.34. The van der Waals surface area contributed by atoms with Crippen molar-refractivity contribution >= 4 is 28.6 Å². The number of anilines is 1. The number of aryl methyl sites for hydroxylation is 1. The van der Waals surface area contributed by atoms with Crippen molar-refractivity contribution in [3.63, 3.8) is 0 Å². The molecule has 3 N–H and O–H groups in total. The number of benzene rings is 1. The third kappa shape index (κ3) is 4.39. The molecular formula is C17H22N4OS. The zero-order valence-corrected chi connectivity index (χ0v) is 14.7. The van der Waals surface area contributed by atoms with E-state index in [1.165, 1.54) is 16.9 Å². The maximum atomic E-state index is 12.1. The molecule has 0 aliphatic heterocycles. The molecule has 122 valence electrons. The number of hydrazone groups is 1. The number of nitrogens with zero attached hydrogens (tertiary/aromatic N) is 2. The lowest BCUT2D eigenvalue weighted by Gasteiger charge is -2.18. The van der Waals surface area contributed by atoms with Crippen LogP contribution in [0.2, 0.25) is 0 Å². The predicted octanol–water partition coefficient (Wildman–Crippen LogP) is 3.35. The van der Waals surface area contributed by atoms with Gasteiger partial charge in [-0.05, 0) is 23.0 Å². The van der Waals surface area contributed by atoms with E-state index in [9.17, 15) is 4.79 Å². The molecule has 6 heteroatoms. The van der Waals surface area contributed by atoms with Crippen LogP contribution in [0.15, 0.2) is 29.4 Å². The largest absolute Gasteiger partial charge is 0.375 e. The maximum Gasteiger partial charge on any atom is 0.283 e. The van der Waals surface area contributed by atoms with Crippen LogP contribution in [-0.2, 0) is 11.8 Å². The van der Waals surface area contributed by atoms with Gasteiger partial charge in [0.15, 0.2) is 5.13 Å². The zero-order chi connectivity index (χ0) is 17.0. The molecule has 1 amide bonds. The topological polar surface area (TPSA) is 80.4 Å². The van der Waals surface area contributed by atoms with E-state index in [-0.39, 0.29) is 11.3 Å². The first-order valence-electron chi connectivity index (χ1n) is 7.50. The summed E-state index contributed by atoms with van der Waals surface area (Å²) in [7, 11) is 0. The number of nitrogens with one attached hydrogen (secondary N) is 1. The summed E-state index contributed by atoms with van der Waals surface area (Å²) in [5.41, 5.74) is 11.2. The van der Waals surface area contributed by atoms with Crippen LogP contribution in [0, 0.1) is 0 Å². The fraction of sp³-hybridized carbons (Fsp3) is 0.353. The number of rotatable bonds is 4. The van der Waals surface area contributed by atoms with Crippen LogP contribution in [0.25, 0.3) is 0 Å². The molecule has 1 heterocycles. The van der Waals surface area contributed by atoms with Crippen molar-refractivity contribution in [3.05, 3.63) is 46.0 Å². The van der Waals surface area contributed by atoms with E-state index in [1.807, 2.05) is 19.1 Å². The monoisotopic (exact) mass is 330 g/mol. The second kappa shape index (κ2) is 6.91. The average molecular weight is 330 g/mol. The SMILES string of the molecule is CCc1nc(N)sc1C(=O)N/N=C\c1ccc(C(C)(C)C)cc1. The summed E-state index contributed by atoms with van der Waals surface area (Å²) in [6.45, 7) is 8.44. The van der Waals surface area contributed by atoms with Crippen molar-refractivity contribution in [1.29, 1.82) is 0 Å². The normalized spacial score (nSPS) is 11.8. The first-order chi connectivity index (χ1) is 10.8. The van der Waals surface area contributed by atoms with Crippen molar-refractivity contribution in [1.82, 2.24) is 10.4 Å². The number of carbonyl (C=O) groups is 1. The molecule has 0 fully saturated rings. The van der Waals surface area contributed by atoms with E-state index in [4.69, 9.17) is 5.73 Å². The summed E-state index contributed by atoms with van der Waals surface area (Å²) < 4.78 is 0. The van der Waals surface area contributed by atoms with Crippen LogP contribution in [0.5, 0.6) is 0 Å². The lowest BCUT2D eigenvalue weighted by atomic mass is 9.87. The van der Waals surface area contributed by atoms with Crippen LogP contribution >= 0.6 is 11.3 Å². The van der Waals surface area contributed by atoms with E-state index in [0.717, 1.165) is 5.56 Å². The third-order valence-electron chi connectivity index (χ3n) is 3.41. The molecule has 0 bridgehead atoms. The van der Waals surface area contributed by atoms with Crippen LogP contribution in [0.4, 0.5) is 5.13 Å². The summed E-state index contributed by atoms with van der Waals surface area (Å²) in [6, 6.07) is 8.11. The Morgan fingerprint density at radius 1 is 1.35 bits per heavy atom. The Hall–Kier alpha value is -2.21. The minimum absolute atomic E-state index is 0.118. The molecule has 0 aliphatic rings. The fourth-order valence-corrected chi connectivity index (χ4v) is 2.88. The van der Waals surface area contributed by atoms with Crippen molar-refractivity contribution < 1.29 is 4.79 Å². The summed E-state index contributed by atoms with van der Waals surface area (Å²) in [5, 5.41) is 4.40. The number of hydrogen-bond donors (Lipinski definition) is 2. The Balaban J connectivity index is 2.02. The van der Waals surface area contributed by atoms with Gasteiger partial charge in [0, 0.05) is 0 Å². The Morgan fingerprint density at radius 3 is 2.57 bits per heavy atom. The molecule has 0 saturated carbocycles. The fourth-order valence-electron chi connectivity index (χ4n) is 2.07. The summed E-state index contributed by atoms with van der Waals surface area (Å²) in [5.74, 6) is -0.279. The lowest BCUT2D eigenvalue weighted by Crippen LogP contribution is -2.17. The highest BCUT2D eigenvalue weighted by molar-refractivity contribution is 7.17. The summed E-state index contributed by atoms with van der Waals surface area (Å²) in [6.07, 6.45) is 2.29. The second-order valence-corrected chi connectivity index (χ2v) is 7.28. The quantitative estimate of drug-likeness (QED) is 0.666. The Kier molecular flexibility index (Phi) is 5.15. The van der Waals surface area contributed by atoms with Crippen molar-refractivity contribution in [2.75, 3.05) is 5.73 Å². The Labute approximate surface area is 140 Å². The van der Waals surface area contributed by atoms with Gasteiger partial charge in [0.2, 0.25) is 0 Å². The summed E-state index contributed by atoms with van der Waals surface area (Å²) >= 11 is 1.18. The number of hydrogen-bond acceptors (Lipinski definition) is 5. The molecule has 2 rings (SSSR count). The molecule has 1 aromatic carbocycles. The Morgan fingerprint density at radius 2 is 2.00 bits per heavy atom. The highest BCUT2D eigenvalue weighted by Crippen LogP contribution is 2.22. The minimum atomic E-state index is -0.279. The van der Waals surface area contributed by atoms with Crippen LogP contribution in [0.3, 0.4) is 0 Å². The molecule has 0 saturated heterocycles. The molecule has 0 aliphatic carbocycles. The molecule has 5 nitrogen and oxygen atoms in total. The van der Waals surface area contributed by atoms with Crippen molar-refractivity contribution in [2.45, 2.75) is 39.5 Å². The molecule has 0 spiro atoms. The first kappa shape index (κ1) is 17.1. The lowest BCUT2D eigenvalue weighted by molar-refractivity contribution is 0.0958. The molecular weight excluding hydrogens is 308 g/mol. The molecule has 0 atom stereocenters. The van der Waals surface area contributed by atoms with Gasteiger partial charge in [-0.25, -0.2) is 10.4 Å².